The maximum Gasteiger partial charge on any atom is 0.246 e. The number of carbonyl (C=O) groups excluding carboxylic acids is 1. The number of aromatic nitrogens is 3. The zero-order valence-electron chi connectivity index (χ0n) is 19.0. The molecule has 2 saturated heterocycles. The fourth-order valence-corrected chi connectivity index (χ4v) is 4.93. The molecule has 0 unspecified atom stereocenters. The number of nitrogens with zero attached hydrogens (tertiary/aromatic N) is 5. The van der Waals surface area contributed by atoms with Crippen molar-refractivity contribution in [2.45, 2.75) is 24.8 Å². The molecule has 1 amide bonds. The number of amides is 1. The first-order valence-electron chi connectivity index (χ1n) is 11.7. The minimum atomic E-state index is -0.607. The summed E-state index contributed by atoms with van der Waals surface area (Å²) in [6.07, 6.45) is 6.01. The number of anilines is 3. The summed E-state index contributed by atoms with van der Waals surface area (Å²) in [6.45, 7) is 6.31. The third kappa shape index (κ3) is 3.83. The molecule has 3 aromatic rings. The molecule has 1 aromatic carbocycles. The van der Waals surface area contributed by atoms with Gasteiger partial charge < -0.3 is 19.9 Å². The molecule has 0 bridgehead atoms. The maximum absolute atomic E-state index is 15.0. The van der Waals surface area contributed by atoms with Gasteiger partial charge in [0.15, 0.2) is 11.6 Å². The Labute approximate surface area is 206 Å². The highest BCUT2D eigenvalue weighted by atomic mass is 35.5. The molecule has 0 atom stereocenters. The number of pyridine rings is 1. The zero-order valence-corrected chi connectivity index (χ0v) is 19.8. The van der Waals surface area contributed by atoms with E-state index in [0.717, 1.165) is 31.6 Å². The summed E-state index contributed by atoms with van der Waals surface area (Å²) < 4.78 is 20.7. The Morgan fingerprint density at radius 3 is 2.83 bits per heavy atom. The SMILES string of the molecule is C=CC(=O)N1CCC12CN(c1ccc3ncnc(Nc4ccc(OCC5CC5)c(Cl)c4F)c3n1)C2. The number of halogens is 2. The molecule has 10 heteroatoms. The van der Waals surface area contributed by atoms with Crippen molar-refractivity contribution >= 4 is 45.9 Å². The lowest BCUT2D eigenvalue weighted by Crippen LogP contribution is -2.78. The van der Waals surface area contributed by atoms with Gasteiger partial charge in [-0.1, -0.05) is 18.2 Å². The molecule has 1 aliphatic carbocycles. The van der Waals surface area contributed by atoms with Crippen LogP contribution >= 0.6 is 11.6 Å². The molecule has 2 aromatic heterocycles. The third-order valence-electron chi connectivity index (χ3n) is 7.05. The molecule has 1 saturated carbocycles. The number of hydrogen-bond acceptors (Lipinski definition) is 7. The maximum atomic E-state index is 15.0. The van der Waals surface area contributed by atoms with Crippen LogP contribution in [-0.4, -0.2) is 57.5 Å². The summed E-state index contributed by atoms with van der Waals surface area (Å²) >= 11 is 6.24. The first-order valence-corrected chi connectivity index (χ1v) is 12.0. The Morgan fingerprint density at radius 1 is 1.29 bits per heavy atom. The van der Waals surface area contributed by atoms with Crippen molar-refractivity contribution in [1.29, 1.82) is 0 Å². The lowest BCUT2D eigenvalue weighted by atomic mass is 9.77. The number of ether oxygens (including phenoxy) is 1. The van der Waals surface area contributed by atoms with Crippen molar-refractivity contribution in [1.82, 2.24) is 19.9 Å². The van der Waals surface area contributed by atoms with E-state index in [1.165, 1.54) is 12.4 Å². The van der Waals surface area contributed by atoms with Crippen LogP contribution in [-0.2, 0) is 4.79 Å². The van der Waals surface area contributed by atoms with Crippen molar-refractivity contribution in [3.63, 3.8) is 0 Å². The Morgan fingerprint density at radius 2 is 2.11 bits per heavy atom. The second-order valence-electron chi connectivity index (χ2n) is 9.40. The molecule has 2 aliphatic heterocycles. The van der Waals surface area contributed by atoms with Crippen molar-refractivity contribution in [3.05, 3.63) is 54.1 Å². The third-order valence-corrected chi connectivity index (χ3v) is 7.40. The molecule has 1 N–H and O–H groups in total. The van der Waals surface area contributed by atoms with Gasteiger partial charge in [-0.3, -0.25) is 4.79 Å². The van der Waals surface area contributed by atoms with Gasteiger partial charge in [0.05, 0.1) is 23.3 Å². The van der Waals surface area contributed by atoms with E-state index >= 15 is 4.39 Å². The Bertz CT molecular complexity index is 1340. The zero-order chi connectivity index (χ0) is 24.2. The number of hydrogen-bond donors (Lipinski definition) is 1. The standard InChI is InChI=1S/C25H24ClFN6O2/c1-2-20(34)33-10-9-25(33)12-32(13-25)19-8-6-17-23(31-19)24(29-14-28-17)30-16-5-7-18(21(26)22(16)27)35-11-15-3-4-15/h2,5-8,14-15H,1,3-4,9-13H2,(H,28,29,30). The van der Waals surface area contributed by atoms with Gasteiger partial charge in [0.2, 0.25) is 5.91 Å². The lowest BCUT2D eigenvalue weighted by molar-refractivity contribution is -0.144. The normalized spacial score (nSPS) is 18.2. The van der Waals surface area contributed by atoms with Crippen LogP contribution in [0.3, 0.4) is 0 Å². The highest BCUT2D eigenvalue weighted by molar-refractivity contribution is 6.32. The number of carbonyl (C=O) groups is 1. The predicted octanol–water partition coefficient (Wildman–Crippen LogP) is 4.33. The molecule has 3 aliphatic rings. The fraction of sp³-hybridized carbons (Fsp3) is 0.360. The number of nitrogens with one attached hydrogen (secondary N) is 1. The Kier molecular flexibility index (Phi) is 5.25. The number of benzene rings is 1. The van der Waals surface area contributed by atoms with Crippen LogP contribution in [0.15, 0.2) is 43.2 Å². The summed E-state index contributed by atoms with van der Waals surface area (Å²) in [5.74, 6) is 1.36. The molecule has 6 rings (SSSR count). The molecule has 8 nitrogen and oxygen atoms in total. The Hall–Kier alpha value is -3.46. The number of fused-ring (bicyclic) bond motifs is 1. The van der Waals surface area contributed by atoms with E-state index < -0.39 is 5.82 Å². The first-order chi connectivity index (χ1) is 17.0. The van der Waals surface area contributed by atoms with Gasteiger partial charge in [0.1, 0.15) is 28.4 Å². The fourth-order valence-electron chi connectivity index (χ4n) is 4.71. The monoisotopic (exact) mass is 494 g/mol. The lowest BCUT2D eigenvalue weighted by Gasteiger charge is -2.62. The van der Waals surface area contributed by atoms with Gasteiger partial charge in [-0.15, -0.1) is 0 Å². The van der Waals surface area contributed by atoms with Crippen molar-refractivity contribution in [3.8, 4) is 5.75 Å². The largest absolute Gasteiger partial charge is 0.492 e. The van der Waals surface area contributed by atoms with Gasteiger partial charge >= 0.3 is 0 Å². The van der Waals surface area contributed by atoms with Crippen LogP contribution in [0.25, 0.3) is 11.0 Å². The van der Waals surface area contributed by atoms with Crippen LogP contribution in [0, 0.1) is 11.7 Å². The van der Waals surface area contributed by atoms with Gasteiger partial charge in [-0.25, -0.2) is 19.3 Å². The first kappa shape index (κ1) is 22.0. The van der Waals surface area contributed by atoms with Crippen molar-refractivity contribution in [2.75, 3.05) is 36.5 Å². The molecule has 0 radical (unpaired) electrons. The summed E-state index contributed by atoms with van der Waals surface area (Å²) in [4.78, 5) is 29.4. The van der Waals surface area contributed by atoms with Crippen molar-refractivity contribution in [2.24, 2.45) is 5.92 Å². The predicted molar refractivity (Wildman–Crippen MR) is 132 cm³/mol. The van der Waals surface area contributed by atoms with Gasteiger partial charge in [0, 0.05) is 19.6 Å². The topological polar surface area (TPSA) is 83.5 Å². The van der Waals surface area contributed by atoms with Crippen LogP contribution in [0.1, 0.15) is 19.3 Å². The highest BCUT2D eigenvalue weighted by Crippen LogP contribution is 2.41. The highest BCUT2D eigenvalue weighted by Gasteiger charge is 2.55. The van der Waals surface area contributed by atoms with E-state index in [2.05, 4.69) is 26.8 Å². The Balaban J connectivity index is 1.23. The average molecular weight is 495 g/mol. The van der Waals surface area contributed by atoms with E-state index in [9.17, 15) is 4.79 Å². The summed E-state index contributed by atoms with van der Waals surface area (Å²) in [5, 5.41) is 2.96. The molecule has 35 heavy (non-hydrogen) atoms. The quantitative estimate of drug-likeness (QED) is 0.489. The van der Waals surface area contributed by atoms with E-state index in [1.807, 2.05) is 17.0 Å². The molecular formula is C25H24ClFN6O2. The summed E-state index contributed by atoms with van der Waals surface area (Å²) in [6, 6.07) is 7.00. The van der Waals surface area contributed by atoms with E-state index in [1.54, 1.807) is 12.1 Å². The molecule has 180 valence electrons. The minimum Gasteiger partial charge on any atom is -0.492 e. The molecule has 4 heterocycles. The van der Waals surface area contributed by atoms with Crippen LogP contribution in [0.4, 0.5) is 21.7 Å². The minimum absolute atomic E-state index is 0.0353. The second-order valence-corrected chi connectivity index (χ2v) is 9.78. The van der Waals surface area contributed by atoms with E-state index in [0.29, 0.717) is 48.2 Å². The van der Waals surface area contributed by atoms with E-state index in [-0.39, 0.29) is 22.2 Å². The van der Waals surface area contributed by atoms with Crippen LogP contribution in [0.5, 0.6) is 5.75 Å². The average Bonchev–Trinajstić information content (AvgIpc) is 3.65. The van der Waals surface area contributed by atoms with Crippen LogP contribution < -0.4 is 15.0 Å². The van der Waals surface area contributed by atoms with Gasteiger partial charge in [-0.2, -0.15) is 0 Å². The van der Waals surface area contributed by atoms with Crippen LogP contribution in [0.2, 0.25) is 5.02 Å². The van der Waals surface area contributed by atoms with Gasteiger partial charge in [-0.05, 0) is 55.5 Å². The smallest absolute Gasteiger partial charge is 0.246 e. The van der Waals surface area contributed by atoms with Crippen molar-refractivity contribution < 1.29 is 13.9 Å². The number of rotatable bonds is 7. The molecule has 3 fully saturated rings. The van der Waals surface area contributed by atoms with Gasteiger partial charge in [0.25, 0.3) is 0 Å². The summed E-state index contributed by atoms with van der Waals surface area (Å²) in [5.41, 5.74) is 1.18. The molecule has 1 spiro atoms. The summed E-state index contributed by atoms with van der Waals surface area (Å²) in [7, 11) is 0. The second kappa shape index (κ2) is 8.34. The number of likely N-dealkylation sites (tertiary alicyclic amines) is 1. The van der Waals surface area contributed by atoms with E-state index in [4.69, 9.17) is 21.3 Å². The molecular weight excluding hydrogens is 471 g/mol.